The van der Waals surface area contributed by atoms with Crippen LogP contribution in [0.5, 0.6) is 0 Å². The van der Waals surface area contributed by atoms with Crippen molar-refractivity contribution >= 4 is 5.91 Å². The number of carbonyl (C=O) groups is 1. The van der Waals surface area contributed by atoms with Gasteiger partial charge in [0.05, 0.1) is 18.1 Å². The molecule has 1 heterocycles. The van der Waals surface area contributed by atoms with Crippen LogP contribution in [-0.4, -0.2) is 30.7 Å². The Kier molecular flexibility index (Phi) is 4.11. The van der Waals surface area contributed by atoms with Crippen LogP contribution in [0.2, 0.25) is 0 Å². The van der Waals surface area contributed by atoms with E-state index < -0.39 is 0 Å². The molecule has 1 saturated heterocycles. The molecule has 0 aliphatic carbocycles. The lowest BCUT2D eigenvalue weighted by Gasteiger charge is -2.20. The largest absolute Gasteiger partial charge is 0.374 e. The van der Waals surface area contributed by atoms with Crippen molar-refractivity contribution in [1.29, 1.82) is 0 Å². The van der Waals surface area contributed by atoms with Gasteiger partial charge in [0.25, 0.3) is 0 Å². The number of nitrogens with two attached hydrogens (primary N) is 1. The molecule has 0 aromatic carbocycles. The Labute approximate surface area is 91.5 Å². The van der Waals surface area contributed by atoms with Crippen LogP contribution in [0.4, 0.5) is 0 Å². The van der Waals surface area contributed by atoms with E-state index in [1.165, 1.54) is 0 Å². The van der Waals surface area contributed by atoms with Gasteiger partial charge >= 0.3 is 0 Å². The molecule has 3 N–H and O–H groups in total. The van der Waals surface area contributed by atoms with Crippen molar-refractivity contribution in [2.24, 2.45) is 17.6 Å². The first-order chi connectivity index (χ1) is 6.97. The van der Waals surface area contributed by atoms with Crippen LogP contribution in [0.15, 0.2) is 0 Å². The van der Waals surface area contributed by atoms with Crippen molar-refractivity contribution in [3.8, 4) is 0 Å². The van der Waals surface area contributed by atoms with E-state index in [1.807, 2.05) is 20.8 Å². The van der Waals surface area contributed by atoms with Gasteiger partial charge in [-0.25, -0.2) is 0 Å². The predicted molar refractivity (Wildman–Crippen MR) is 59.3 cm³/mol. The van der Waals surface area contributed by atoms with Crippen molar-refractivity contribution in [2.75, 3.05) is 6.54 Å². The first kappa shape index (κ1) is 12.5. The van der Waals surface area contributed by atoms with Gasteiger partial charge in [-0.1, -0.05) is 6.92 Å². The minimum Gasteiger partial charge on any atom is -0.374 e. The molecule has 4 heteroatoms. The third-order valence-electron chi connectivity index (χ3n) is 3.29. The van der Waals surface area contributed by atoms with Crippen molar-refractivity contribution < 1.29 is 9.53 Å². The van der Waals surface area contributed by atoms with Gasteiger partial charge in [-0.3, -0.25) is 4.79 Å². The molecule has 1 fully saturated rings. The van der Waals surface area contributed by atoms with Crippen LogP contribution >= 0.6 is 0 Å². The topological polar surface area (TPSA) is 64.3 Å². The lowest BCUT2D eigenvalue weighted by Crippen LogP contribution is -2.44. The third-order valence-corrected chi connectivity index (χ3v) is 3.29. The second-order valence-electron chi connectivity index (χ2n) is 4.58. The van der Waals surface area contributed by atoms with E-state index in [0.29, 0.717) is 6.54 Å². The van der Waals surface area contributed by atoms with Gasteiger partial charge in [0.2, 0.25) is 5.91 Å². The molecule has 4 nitrogen and oxygen atoms in total. The second-order valence-corrected chi connectivity index (χ2v) is 4.58. The number of ether oxygens (including phenoxy) is 1. The standard InChI is InChI=1S/C11H22N2O2/c1-6(5-12)13-11(14)10-7(2)8(3)15-9(10)4/h6-10H,5,12H2,1-4H3,(H,13,14)/t6-,7?,8?,9?,10?/m1/s1. The van der Waals surface area contributed by atoms with Gasteiger partial charge in [-0.05, 0) is 26.7 Å². The first-order valence-corrected chi connectivity index (χ1v) is 5.63. The molecule has 1 amide bonds. The summed E-state index contributed by atoms with van der Waals surface area (Å²) < 4.78 is 5.63. The highest BCUT2D eigenvalue weighted by molar-refractivity contribution is 5.80. The predicted octanol–water partition coefficient (Wildman–Crippen LogP) is 0.509. The number of hydrogen-bond acceptors (Lipinski definition) is 3. The lowest BCUT2D eigenvalue weighted by molar-refractivity contribution is -0.127. The molecule has 0 bridgehead atoms. The molecule has 4 unspecified atom stereocenters. The smallest absolute Gasteiger partial charge is 0.226 e. The summed E-state index contributed by atoms with van der Waals surface area (Å²) in [4.78, 5) is 11.9. The highest BCUT2D eigenvalue weighted by atomic mass is 16.5. The van der Waals surface area contributed by atoms with Crippen LogP contribution in [0.3, 0.4) is 0 Å². The maximum absolute atomic E-state index is 11.9. The van der Waals surface area contributed by atoms with E-state index in [2.05, 4.69) is 12.2 Å². The minimum atomic E-state index is -0.0472. The van der Waals surface area contributed by atoms with Crippen LogP contribution in [0.1, 0.15) is 27.7 Å². The molecule has 88 valence electrons. The Balaban J connectivity index is 2.59. The van der Waals surface area contributed by atoms with Gasteiger partial charge in [-0.2, -0.15) is 0 Å². The van der Waals surface area contributed by atoms with Gasteiger partial charge in [0, 0.05) is 12.6 Å². The van der Waals surface area contributed by atoms with E-state index in [-0.39, 0.29) is 36.0 Å². The summed E-state index contributed by atoms with van der Waals surface area (Å²) in [5.41, 5.74) is 5.47. The van der Waals surface area contributed by atoms with Crippen LogP contribution in [-0.2, 0) is 9.53 Å². The fourth-order valence-corrected chi connectivity index (χ4v) is 2.12. The Morgan fingerprint density at radius 2 is 2.00 bits per heavy atom. The summed E-state index contributed by atoms with van der Waals surface area (Å²) in [5.74, 6) is 0.288. The molecule has 0 aromatic heterocycles. The average Bonchev–Trinajstić information content (AvgIpc) is 2.41. The molecule has 0 aromatic rings. The average molecular weight is 214 g/mol. The molecule has 1 rings (SSSR count). The van der Waals surface area contributed by atoms with E-state index in [1.54, 1.807) is 0 Å². The normalized spacial score (nSPS) is 37.7. The maximum Gasteiger partial charge on any atom is 0.226 e. The summed E-state index contributed by atoms with van der Waals surface area (Å²) in [5, 5.41) is 2.91. The quantitative estimate of drug-likeness (QED) is 0.719. The number of hydrogen-bond donors (Lipinski definition) is 2. The van der Waals surface area contributed by atoms with Gasteiger partial charge in [-0.15, -0.1) is 0 Å². The summed E-state index contributed by atoms with van der Waals surface area (Å²) in [6, 6.07) is 0.0350. The highest BCUT2D eigenvalue weighted by Crippen LogP contribution is 2.32. The SMILES string of the molecule is CC1OC(C)C(C(=O)N[C@H](C)CN)C1C. The number of nitrogens with one attached hydrogen (secondary N) is 1. The lowest BCUT2D eigenvalue weighted by atomic mass is 9.88. The van der Waals surface area contributed by atoms with Crippen LogP contribution < -0.4 is 11.1 Å². The fourth-order valence-electron chi connectivity index (χ4n) is 2.12. The summed E-state index contributed by atoms with van der Waals surface area (Å²) in [6.07, 6.45) is 0.156. The number of amides is 1. The minimum absolute atomic E-state index is 0.0000236. The molecule has 0 saturated carbocycles. The van der Waals surface area contributed by atoms with E-state index in [9.17, 15) is 4.79 Å². The molecule has 1 aliphatic rings. The van der Waals surface area contributed by atoms with E-state index in [0.717, 1.165) is 0 Å². The monoisotopic (exact) mass is 214 g/mol. The Morgan fingerprint density at radius 3 is 2.40 bits per heavy atom. The zero-order valence-electron chi connectivity index (χ0n) is 9.99. The third kappa shape index (κ3) is 2.69. The molecule has 15 heavy (non-hydrogen) atoms. The first-order valence-electron chi connectivity index (χ1n) is 5.63. The summed E-state index contributed by atoms with van der Waals surface area (Å²) >= 11 is 0. The van der Waals surface area contributed by atoms with Crippen molar-refractivity contribution in [3.63, 3.8) is 0 Å². The Bertz CT molecular complexity index is 233. The zero-order valence-corrected chi connectivity index (χ0v) is 9.99. The molecule has 0 spiro atoms. The maximum atomic E-state index is 11.9. The highest BCUT2D eigenvalue weighted by Gasteiger charge is 2.41. The van der Waals surface area contributed by atoms with Gasteiger partial charge in [0.1, 0.15) is 0 Å². The Morgan fingerprint density at radius 1 is 1.40 bits per heavy atom. The van der Waals surface area contributed by atoms with Crippen molar-refractivity contribution in [3.05, 3.63) is 0 Å². The van der Waals surface area contributed by atoms with Crippen molar-refractivity contribution in [2.45, 2.75) is 45.9 Å². The molecule has 0 radical (unpaired) electrons. The van der Waals surface area contributed by atoms with Crippen LogP contribution in [0.25, 0.3) is 0 Å². The molecular weight excluding hydrogens is 192 g/mol. The van der Waals surface area contributed by atoms with E-state index in [4.69, 9.17) is 10.5 Å². The van der Waals surface area contributed by atoms with Crippen molar-refractivity contribution in [1.82, 2.24) is 5.32 Å². The molecule has 5 atom stereocenters. The molecule has 1 aliphatic heterocycles. The zero-order chi connectivity index (χ0) is 11.6. The molecular formula is C11H22N2O2. The van der Waals surface area contributed by atoms with Crippen LogP contribution in [0, 0.1) is 11.8 Å². The Hall–Kier alpha value is -0.610. The number of carbonyl (C=O) groups excluding carboxylic acids is 1. The second kappa shape index (κ2) is 4.94. The van der Waals surface area contributed by atoms with Gasteiger partial charge < -0.3 is 15.8 Å². The van der Waals surface area contributed by atoms with Gasteiger partial charge in [0.15, 0.2) is 0 Å². The fraction of sp³-hybridized carbons (Fsp3) is 0.909. The summed E-state index contributed by atoms with van der Waals surface area (Å²) in [7, 11) is 0. The van der Waals surface area contributed by atoms with E-state index >= 15 is 0 Å². The number of rotatable bonds is 3. The summed E-state index contributed by atoms with van der Waals surface area (Å²) in [6.45, 7) is 8.41.